The number of nitrogens with zero attached hydrogens (tertiary/aromatic N) is 1. The van der Waals surface area contributed by atoms with E-state index in [9.17, 15) is 13.2 Å². The number of benzene rings is 1. The largest absolute Gasteiger partial charge is 0.390 e. The molecule has 0 aliphatic carbocycles. The zero-order chi connectivity index (χ0) is 13.8. The molecule has 0 aliphatic heterocycles. The van der Waals surface area contributed by atoms with Gasteiger partial charge in [0.15, 0.2) is 0 Å². The van der Waals surface area contributed by atoms with Gasteiger partial charge >= 0.3 is 6.18 Å². The lowest BCUT2D eigenvalue weighted by Gasteiger charge is -2.31. The van der Waals surface area contributed by atoms with E-state index in [1.54, 1.807) is 11.9 Å². The van der Waals surface area contributed by atoms with E-state index >= 15 is 0 Å². The fourth-order valence-corrected chi connectivity index (χ4v) is 1.87. The van der Waals surface area contributed by atoms with Gasteiger partial charge in [0.05, 0.1) is 12.0 Å². The maximum Gasteiger partial charge on any atom is 0.390 e. The zero-order valence-corrected chi connectivity index (χ0v) is 10.7. The van der Waals surface area contributed by atoms with E-state index in [2.05, 4.69) is 0 Å². The van der Waals surface area contributed by atoms with E-state index in [4.69, 9.17) is 5.73 Å². The van der Waals surface area contributed by atoms with Crippen molar-refractivity contribution in [2.75, 3.05) is 20.1 Å². The third-order valence-electron chi connectivity index (χ3n) is 2.81. The molecule has 1 aromatic rings. The molecular formula is C13H19F3N2. The first-order valence-electron chi connectivity index (χ1n) is 5.80. The van der Waals surface area contributed by atoms with Gasteiger partial charge in [-0.05, 0) is 19.5 Å². The van der Waals surface area contributed by atoms with Crippen LogP contribution in [0.5, 0.6) is 0 Å². The van der Waals surface area contributed by atoms with Crippen molar-refractivity contribution in [3.05, 3.63) is 35.9 Å². The predicted molar refractivity (Wildman–Crippen MR) is 66.2 cm³/mol. The minimum absolute atomic E-state index is 0.0386. The molecule has 0 bridgehead atoms. The van der Waals surface area contributed by atoms with Crippen LogP contribution in [0, 0.1) is 0 Å². The fraction of sp³-hybridized carbons (Fsp3) is 0.538. The Hall–Kier alpha value is -1.07. The van der Waals surface area contributed by atoms with Gasteiger partial charge in [-0.25, -0.2) is 0 Å². The molecule has 0 aliphatic rings. The van der Waals surface area contributed by atoms with Gasteiger partial charge in [0.1, 0.15) is 0 Å². The third kappa shape index (κ3) is 5.06. The Balaban J connectivity index is 2.55. The molecule has 0 radical (unpaired) electrons. The lowest BCUT2D eigenvalue weighted by atomic mass is 9.93. The molecule has 2 N–H and O–H groups in total. The monoisotopic (exact) mass is 260 g/mol. The summed E-state index contributed by atoms with van der Waals surface area (Å²) in [6.07, 6.45) is -4.93. The maximum atomic E-state index is 12.1. The molecule has 5 heteroatoms. The summed E-state index contributed by atoms with van der Waals surface area (Å²) in [5, 5.41) is 0. The first kappa shape index (κ1) is 15.0. The summed E-state index contributed by atoms with van der Waals surface area (Å²) >= 11 is 0. The number of rotatable bonds is 5. The van der Waals surface area contributed by atoms with E-state index in [1.165, 1.54) is 0 Å². The summed E-state index contributed by atoms with van der Waals surface area (Å²) < 4.78 is 36.3. The van der Waals surface area contributed by atoms with E-state index in [0.29, 0.717) is 6.54 Å². The van der Waals surface area contributed by atoms with Gasteiger partial charge in [-0.1, -0.05) is 30.3 Å². The molecule has 0 fully saturated rings. The maximum absolute atomic E-state index is 12.1. The van der Waals surface area contributed by atoms with Crippen LogP contribution < -0.4 is 5.73 Å². The van der Waals surface area contributed by atoms with Crippen molar-refractivity contribution in [3.63, 3.8) is 0 Å². The lowest BCUT2D eigenvalue weighted by molar-refractivity contribution is -0.137. The molecule has 102 valence electrons. The number of hydrogen-bond acceptors (Lipinski definition) is 2. The first-order chi connectivity index (χ1) is 8.21. The molecule has 0 saturated heterocycles. The Labute approximate surface area is 106 Å². The lowest BCUT2D eigenvalue weighted by Crippen LogP contribution is -2.44. The molecule has 1 aromatic carbocycles. The van der Waals surface area contributed by atoms with Gasteiger partial charge in [0, 0.05) is 13.1 Å². The Kier molecular flexibility index (Phi) is 4.76. The zero-order valence-electron chi connectivity index (χ0n) is 10.7. The van der Waals surface area contributed by atoms with Crippen molar-refractivity contribution in [1.82, 2.24) is 4.90 Å². The standard InChI is InChI=1S/C13H19F3N2/c1-12(17,11-6-4-3-5-7-11)10-18(2)9-8-13(14,15)16/h3-7H,8-10,17H2,1-2H3. The number of hydrogen-bond donors (Lipinski definition) is 1. The molecule has 1 atom stereocenters. The molecule has 0 heterocycles. The number of likely N-dealkylation sites (N-methyl/N-ethyl adjacent to an activating group) is 1. The molecule has 1 unspecified atom stereocenters. The summed E-state index contributed by atoms with van der Waals surface area (Å²) in [6.45, 7) is 2.17. The summed E-state index contributed by atoms with van der Waals surface area (Å²) in [5.74, 6) is 0. The molecule has 0 aromatic heterocycles. The molecule has 0 spiro atoms. The topological polar surface area (TPSA) is 29.3 Å². The van der Waals surface area contributed by atoms with Crippen LogP contribution >= 0.6 is 0 Å². The molecule has 18 heavy (non-hydrogen) atoms. The summed E-state index contributed by atoms with van der Waals surface area (Å²) in [7, 11) is 1.65. The van der Waals surface area contributed by atoms with Crippen LogP contribution in [0.25, 0.3) is 0 Å². The van der Waals surface area contributed by atoms with Crippen LogP contribution in [0.1, 0.15) is 18.9 Å². The minimum Gasteiger partial charge on any atom is -0.321 e. The number of halogens is 3. The van der Waals surface area contributed by atoms with Crippen molar-refractivity contribution in [2.45, 2.75) is 25.1 Å². The van der Waals surface area contributed by atoms with Gasteiger partial charge in [-0.3, -0.25) is 0 Å². The second-order valence-electron chi connectivity index (χ2n) is 4.89. The second-order valence-corrected chi connectivity index (χ2v) is 4.89. The Morgan fingerprint density at radius 1 is 1.17 bits per heavy atom. The SMILES string of the molecule is CN(CCC(F)(F)F)CC(C)(N)c1ccccc1. The van der Waals surface area contributed by atoms with E-state index < -0.39 is 18.1 Å². The van der Waals surface area contributed by atoms with Gasteiger partial charge < -0.3 is 10.6 Å². The van der Waals surface area contributed by atoms with Crippen LogP contribution in [0.15, 0.2) is 30.3 Å². The fourth-order valence-electron chi connectivity index (χ4n) is 1.87. The van der Waals surface area contributed by atoms with Crippen LogP contribution in [-0.4, -0.2) is 31.2 Å². The summed E-state index contributed by atoms with van der Waals surface area (Å²) in [6, 6.07) is 9.40. The molecule has 2 nitrogen and oxygen atoms in total. The number of alkyl halides is 3. The normalized spacial score (nSPS) is 15.7. The highest BCUT2D eigenvalue weighted by Crippen LogP contribution is 2.22. The highest BCUT2D eigenvalue weighted by molar-refractivity contribution is 5.23. The number of nitrogens with two attached hydrogens (primary N) is 1. The Bertz CT molecular complexity index is 360. The smallest absolute Gasteiger partial charge is 0.321 e. The Morgan fingerprint density at radius 2 is 1.72 bits per heavy atom. The molecule has 0 saturated carbocycles. The van der Waals surface area contributed by atoms with Crippen LogP contribution in [0.4, 0.5) is 13.2 Å². The minimum atomic E-state index is -4.12. The second kappa shape index (κ2) is 5.71. The van der Waals surface area contributed by atoms with Crippen molar-refractivity contribution in [2.24, 2.45) is 5.73 Å². The van der Waals surface area contributed by atoms with E-state index in [1.807, 2.05) is 37.3 Å². The van der Waals surface area contributed by atoms with Crippen LogP contribution in [0.3, 0.4) is 0 Å². The Morgan fingerprint density at radius 3 is 2.22 bits per heavy atom. The van der Waals surface area contributed by atoms with Gasteiger partial charge in [-0.2, -0.15) is 13.2 Å². The highest BCUT2D eigenvalue weighted by Gasteiger charge is 2.29. The average Bonchev–Trinajstić information content (AvgIpc) is 2.26. The molecule has 1 rings (SSSR count). The van der Waals surface area contributed by atoms with Crippen LogP contribution in [-0.2, 0) is 5.54 Å². The van der Waals surface area contributed by atoms with Crippen LogP contribution in [0.2, 0.25) is 0 Å². The summed E-state index contributed by atoms with van der Waals surface area (Å²) in [5.41, 5.74) is 6.42. The van der Waals surface area contributed by atoms with Crippen molar-refractivity contribution in [3.8, 4) is 0 Å². The van der Waals surface area contributed by atoms with Gasteiger partial charge in [0.25, 0.3) is 0 Å². The quantitative estimate of drug-likeness (QED) is 0.882. The molecule has 0 amide bonds. The van der Waals surface area contributed by atoms with Gasteiger partial charge in [-0.15, -0.1) is 0 Å². The van der Waals surface area contributed by atoms with Crippen molar-refractivity contribution < 1.29 is 13.2 Å². The highest BCUT2D eigenvalue weighted by atomic mass is 19.4. The molecular weight excluding hydrogens is 241 g/mol. The van der Waals surface area contributed by atoms with E-state index in [0.717, 1.165) is 5.56 Å². The van der Waals surface area contributed by atoms with Crippen molar-refractivity contribution >= 4 is 0 Å². The first-order valence-corrected chi connectivity index (χ1v) is 5.80. The third-order valence-corrected chi connectivity index (χ3v) is 2.81. The summed E-state index contributed by atoms with van der Waals surface area (Å²) in [4.78, 5) is 1.61. The average molecular weight is 260 g/mol. The van der Waals surface area contributed by atoms with E-state index in [-0.39, 0.29) is 6.54 Å². The van der Waals surface area contributed by atoms with Crippen molar-refractivity contribution in [1.29, 1.82) is 0 Å². The van der Waals surface area contributed by atoms with Gasteiger partial charge in [0.2, 0.25) is 0 Å². The predicted octanol–water partition coefficient (Wildman–Crippen LogP) is 2.74.